The van der Waals surface area contributed by atoms with Crippen LogP contribution in [0.3, 0.4) is 0 Å². The van der Waals surface area contributed by atoms with Crippen LogP contribution in [0.5, 0.6) is 5.75 Å². The number of benzene rings is 1. The van der Waals surface area contributed by atoms with Crippen LogP contribution in [0, 0.1) is 24.4 Å². The molecule has 0 saturated carbocycles. The second-order valence-corrected chi connectivity index (χ2v) is 2.51. The van der Waals surface area contributed by atoms with Crippen LogP contribution in [0.15, 0.2) is 0 Å². The third kappa shape index (κ3) is 1.38. The summed E-state index contributed by atoms with van der Waals surface area (Å²) in [6, 6.07) is 0. The lowest BCUT2D eigenvalue weighted by Gasteiger charge is -2.17. The van der Waals surface area contributed by atoms with Gasteiger partial charge in [0.1, 0.15) is 5.82 Å². The molecule has 69 valence electrons. The van der Waals surface area contributed by atoms with Gasteiger partial charge in [0.15, 0.2) is 17.4 Å². The van der Waals surface area contributed by atoms with E-state index in [9.17, 15) is 13.2 Å². The van der Waals surface area contributed by atoms with Crippen LogP contribution >= 0.6 is 0 Å². The summed E-state index contributed by atoms with van der Waals surface area (Å²) in [5, 5.41) is 0. The van der Waals surface area contributed by atoms with Crippen molar-refractivity contribution in [2.24, 2.45) is 0 Å². The Morgan fingerprint density at radius 3 is 2.08 bits per heavy atom. The Bertz CT molecular complexity index is 323. The van der Waals surface area contributed by atoms with Crippen molar-refractivity contribution in [3.8, 4) is 5.75 Å². The molecule has 0 heterocycles. The maximum absolute atomic E-state index is 13.1. The fraction of sp³-hybridized carbons (Fsp3) is 0.250. The molecule has 0 aliphatic heterocycles. The highest BCUT2D eigenvalue weighted by Crippen LogP contribution is 2.24. The lowest BCUT2D eigenvalue weighted by atomic mass is 9.90. The summed E-state index contributed by atoms with van der Waals surface area (Å²) >= 11 is 0. The zero-order valence-corrected chi connectivity index (χ0v) is 7.12. The van der Waals surface area contributed by atoms with Gasteiger partial charge in [-0.3, -0.25) is 5.46 Å². The van der Waals surface area contributed by atoms with Crippen molar-refractivity contribution in [1.82, 2.24) is 0 Å². The third-order valence-electron chi connectivity index (χ3n) is 1.77. The first kappa shape index (κ1) is 9.96. The molecule has 13 heavy (non-hydrogen) atoms. The number of rotatable bonds is 1. The number of ether oxygens (including phenoxy) is 1. The fourth-order valence-corrected chi connectivity index (χ4v) is 0.947. The molecule has 0 saturated heterocycles. The van der Waals surface area contributed by atoms with Gasteiger partial charge in [-0.15, -0.1) is 0 Å². The molecule has 0 bridgehead atoms. The molecule has 0 amide bonds. The van der Waals surface area contributed by atoms with Crippen LogP contribution in [0.4, 0.5) is 13.2 Å². The van der Waals surface area contributed by atoms with Gasteiger partial charge in [-0.1, -0.05) is 5.56 Å². The van der Waals surface area contributed by atoms with E-state index in [1.165, 1.54) is 6.92 Å². The SMILES string of the molecule is [B-]c1c(C)c(F)c(OC)c(F)c1F. The normalized spacial score (nSPS) is 10.3. The summed E-state index contributed by atoms with van der Waals surface area (Å²) in [5.74, 6) is -4.40. The van der Waals surface area contributed by atoms with Crippen LogP contribution in [0.25, 0.3) is 0 Å². The Hall–Kier alpha value is -1.13. The van der Waals surface area contributed by atoms with Gasteiger partial charge in [-0.25, -0.2) is 8.78 Å². The Morgan fingerprint density at radius 1 is 1.08 bits per heavy atom. The molecule has 0 unspecified atom stereocenters. The average Bonchev–Trinajstić information content (AvgIpc) is 2.13. The van der Waals surface area contributed by atoms with Crippen molar-refractivity contribution in [1.29, 1.82) is 0 Å². The quantitative estimate of drug-likeness (QED) is 0.473. The highest BCUT2D eigenvalue weighted by atomic mass is 19.2. The lowest BCUT2D eigenvalue weighted by molar-refractivity contribution is 0.346. The molecule has 0 aromatic heterocycles. The summed E-state index contributed by atoms with van der Waals surface area (Å²) in [7, 11) is 6.15. The minimum Gasteiger partial charge on any atom is -0.576 e. The van der Waals surface area contributed by atoms with E-state index >= 15 is 0 Å². The molecule has 0 aliphatic rings. The van der Waals surface area contributed by atoms with Crippen molar-refractivity contribution in [2.45, 2.75) is 6.92 Å². The highest BCUT2D eigenvalue weighted by Gasteiger charge is 2.16. The predicted molar refractivity (Wildman–Crippen MR) is 43.0 cm³/mol. The standard InChI is InChI=1S/C8H6BF3O/c1-3-4(9)6(11)7(12)8(13-2)5(3)10/h1-2H3/q-1. The van der Waals surface area contributed by atoms with Crippen molar-refractivity contribution < 1.29 is 17.9 Å². The van der Waals surface area contributed by atoms with Crippen LogP contribution in [-0.4, -0.2) is 15.0 Å². The zero-order chi connectivity index (χ0) is 10.2. The lowest BCUT2D eigenvalue weighted by Crippen LogP contribution is -2.18. The molecular formula is C8H6BF3O-. The van der Waals surface area contributed by atoms with Crippen LogP contribution in [0.1, 0.15) is 5.56 Å². The molecule has 1 aromatic carbocycles. The van der Waals surface area contributed by atoms with Crippen LogP contribution in [-0.2, 0) is 0 Å². The van der Waals surface area contributed by atoms with Gasteiger partial charge in [-0.05, 0) is 6.92 Å². The molecule has 0 atom stereocenters. The summed E-state index contributed by atoms with van der Waals surface area (Å²) in [6.07, 6.45) is 0. The summed E-state index contributed by atoms with van der Waals surface area (Å²) < 4.78 is 43.2. The Kier molecular flexibility index (Phi) is 2.54. The summed E-state index contributed by atoms with van der Waals surface area (Å²) in [5.41, 5.74) is -0.688. The van der Waals surface area contributed by atoms with E-state index < -0.39 is 28.7 Å². The van der Waals surface area contributed by atoms with Gasteiger partial charge in [0.05, 0.1) is 7.11 Å². The first-order valence-electron chi connectivity index (χ1n) is 3.47. The van der Waals surface area contributed by atoms with Gasteiger partial charge in [0, 0.05) is 0 Å². The smallest absolute Gasteiger partial charge is 0.200 e. The number of hydrogen-bond acceptors (Lipinski definition) is 1. The molecule has 5 heteroatoms. The minimum atomic E-state index is -1.40. The van der Waals surface area contributed by atoms with Gasteiger partial charge in [0.25, 0.3) is 0 Å². The van der Waals surface area contributed by atoms with E-state index in [0.717, 1.165) is 7.11 Å². The Labute approximate surface area is 74.9 Å². The predicted octanol–water partition coefficient (Wildman–Crippen LogP) is 1.21. The molecule has 0 aliphatic carbocycles. The van der Waals surface area contributed by atoms with E-state index in [0.29, 0.717) is 0 Å². The first-order chi connectivity index (χ1) is 6.00. The number of halogens is 3. The Morgan fingerprint density at radius 2 is 1.62 bits per heavy atom. The van der Waals surface area contributed by atoms with E-state index in [-0.39, 0.29) is 5.56 Å². The van der Waals surface area contributed by atoms with Gasteiger partial charge >= 0.3 is 0 Å². The largest absolute Gasteiger partial charge is 0.576 e. The molecule has 3 radical (unpaired) electrons. The van der Waals surface area contributed by atoms with Crippen molar-refractivity contribution in [3.05, 3.63) is 23.0 Å². The monoisotopic (exact) mass is 186 g/mol. The van der Waals surface area contributed by atoms with E-state index in [1.54, 1.807) is 0 Å². The first-order valence-corrected chi connectivity index (χ1v) is 3.47. The van der Waals surface area contributed by atoms with Gasteiger partial charge in [-0.2, -0.15) is 4.39 Å². The van der Waals surface area contributed by atoms with E-state index in [2.05, 4.69) is 4.74 Å². The van der Waals surface area contributed by atoms with Gasteiger partial charge in [0.2, 0.25) is 0 Å². The van der Waals surface area contributed by atoms with Crippen molar-refractivity contribution in [3.63, 3.8) is 0 Å². The zero-order valence-electron chi connectivity index (χ0n) is 7.12. The van der Waals surface area contributed by atoms with E-state index in [1.807, 2.05) is 0 Å². The second kappa shape index (κ2) is 3.32. The molecule has 0 spiro atoms. The fourth-order valence-electron chi connectivity index (χ4n) is 0.947. The number of hydrogen-bond donors (Lipinski definition) is 0. The maximum atomic E-state index is 13.1. The molecule has 1 nitrogen and oxygen atoms in total. The number of methoxy groups -OCH3 is 1. The minimum absolute atomic E-state index is 0.157. The molecular weight excluding hydrogens is 180 g/mol. The van der Waals surface area contributed by atoms with Crippen LogP contribution in [0.2, 0.25) is 0 Å². The molecule has 1 rings (SSSR count). The third-order valence-corrected chi connectivity index (χ3v) is 1.77. The van der Waals surface area contributed by atoms with Crippen molar-refractivity contribution >= 4 is 13.3 Å². The van der Waals surface area contributed by atoms with Crippen molar-refractivity contribution in [2.75, 3.05) is 7.11 Å². The van der Waals surface area contributed by atoms with Gasteiger partial charge < -0.3 is 12.6 Å². The second-order valence-electron chi connectivity index (χ2n) is 2.51. The van der Waals surface area contributed by atoms with Crippen LogP contribution < -0.4 is 10.2 Å². The topological polar surface area (TPSA) is 9.23 Å². The maximum Gasteiger partial charge on any atom is 0.200 e. The van der Waals surface area contributed by atoms with E-state index in [4.69, 9.17) is 7.85 Å². The summed E-state index contributed by atoms with van der Waals surface area (Å²) in [4.78, 5) is 0. The molecule has 1 aromatic rings. The highest BCUT2D eigenvalue weighted by molar-refractivity contribution is 6.33. The molecule has 0 N–H and O–H groups in total. The Balaban J connectivity index is 3.56. The molecule has 0 fully saturated rings. The summed E-state index contributed by atoms with van der Waals surface area (Å²) in [6.45, 7) is 1.25. The average molecular weight is 186 g/mol.